The molecule has 1 heterocycles. The van der Waals surface area contributed by atoms with E-state index in [0.717, 1.165) is 38.2 Å². The van der Waals surface area contributed by atoms with E-state index in [1.165, 1.54) is 0 Å². The highest BCUT2D eigenvalue weighted by Gasteiger charge is 2.34. The van der Waals surface area contributed by atoms with Crippen LogP contribution in [0.15, 0.2) is 6.33 Å². The Balaban J connectivity index is 2.93. The standard InChI is InChI=1S/C16H32N4O/c1-7-10-17-14(16(6,8-2)21-9-3)11-15-18-12-19-20(15)13(4)5/h12-14,17H,7-11H2,1-6H3. The summed E-state index contributed by atoms with van der Waals surface area (Å²) >= 11 is 0. The summed E-state index contributed by atoms with van der Waals surface area (Å²) in [4.78, 5) is 4.45. The van der Waals surface area contributed by atoms with E-state index < -0.39 is 0 Å². The van der Waals surface area contributed by atoms with Crippen molar-refractivity contribution in [2.75, 3.05) is 13.2 Å². The van der Waals surface area contributed by atoms with Crippen LogP contribution in [-0.2, 0) is 11.2 Å². The van der Waals surface area contributed by atoms with Crippen molar-refractivity contribution < 1.29 is 4.74 Å². The van der Waals surface area contributed by atoms with Gasteiger partial charge in [0.15, 0.2) is 0 Å². The third-order valence-corrected chi connectivity index (χ3v) is 4.08. The van der Waals surface area contributed by atoms with Crippen LogP contribution >= 0.6 is 0 Å². The van der Waals surface area contributed by atoms with Gasteiger partial charge >= 0.3 is 0 Å². The smallest absolute Gasteiger partial charge is 0.138 e. The molecule has 1 N–H and O–H groups in total. The average molecular weight is 296 g/mol. The van der Waals surface area contributed by atoms with Crippen molar-refractivity contribution in [1.29, 1.82) is 0 Å². The second-order valence-electron chi connectivity index (χ2n) is 6.02. The van der Waals surface area contributed by atoms with Crippen LogP contribution in [0.1, 0.15) is 66.3 Å². The van der Waals surface area contributed by atoms with Gasteiger partial charge in [-0.2, -0.15) is 5.10 Å². The minimum atomic E-state index is -0.183. The Kier molecular flexibility index (Phi) is 7.32. The van der Waals surface area contributed by atoms with Gasteiger partial charge in [-0.1, -0.05) is 13.8 Å². The summed E-state index contributed by atoms with van der Waals surface area (Å²) in [6.07, 6.45) is 4.57. The first-order chi connectivity index (χ1) is 9.98. The molecule has 5 nitrogen and oxygen atoms in total. The van der Waals surface area contributed by atoms with Gasteiger partial charge in [0.1, 0.15) is 12.2 Å². The fourth-order valence-corrected chi connectivity index (χ4v) is 2.64. The molecule has 0 fully saturated rings. The van der Waals surface area contributed by atoms with Gasteiger partial charge in [-0.3, -0.25) is 0 Å². The topological polar surface area (TPSA) is 52.0 Å². The van der Waals surface area contributed by atoms with E-state index in [1.807, 2.05) is 4.68 Å². The SMILES string of the molecule is CCCNC(Cc1ncnn1C(C)C)C(C)(CC)OCC. The van der Waals surface area contributed by atoms with Gasteiger partial charge in [-0.25, -0.2) is 9.67 Å². The summed E-state index contributed by atoms with van der Waals surface area (Å²) in [7, 11) is 0. The van der Waals surface area contributed by atoms with Crippen molar-refractivity contribution in [2.45, 2.75) is 78.5 Å². The van der Waals surface area contributed by atoms with Crippen molar-refractivity contribution in [3.05, 3.63) is 12.2 Å². The Bertz CT molecular complexity index is 405. The molecule has 0 radical (unpaired) electrons. The lowest BCUT2D eigenvalue weighted by Gasteiger charge is -2.37. The van der Waals surface area contributed by atoms with Crippen LogP contribution in [0.4, 0.5) is 0 Å². The summed E-state index contributed by atoms with van der Waals surface area (Å²) in [6.45, 7) is 14.6. The molecule has 2 atom stereocenters. The molecular formula is C16H32N4O. The van der Waals surface area contributed by atoms with E-state index in [9.17, 15) is 0 Å². The molecule has 21 heavy (non-hydrogen) atoms. The predicted molar refractivity (Wildman–Crippen MR) is 86.5 cm³/mol. The second kappa shape index (κ2) is 8.49. The number of nitrogens with zero attached hydrogens (tertiary/aromatic N) is 3. The van der Waals surface area contributed by atoms with Crippen LogP contribution in [0.25, 0.3) is 0 Å². The zero-order chi connectivity index (χ0) is 15.9. The van der Waals surface area contributed by atoms with Crippen LogP contribution in [0.3, 0.4) is 0 Å². The highest BCUT2D eigenvalue weighted by molar-refractivity contribution is 4.98. The third kappa shape index (κ3) is 4.78. The maximum Gasteiger partial charge on any atom is 0.138 e. The molecule has 0 aliphatic heterocycles. The van der Waals surface area contributed by atoms with E-state index in [2.05, 4.69) is 56.9 Å². The Morgan fingerprint density at radius 3 is 2.57 bits per heavy atom. The van der Waals surface area contributed by atoms with E-state index >= 15 is 0 Å². The molecule has 122 valence electrons. The zero-order valence-corrected chi connectivity index (χ0v) is 14.5. The zero-order valence-electron chi connectivity index (χ0n) is 14.5. The number of hydrogen-bond acceptors (Lipinski definition) is 4. The van der Waals surface area contributed by atoms with Crippen molar-refractivity contribution >= 4 is 0 Å². The largest absolute Gasteiger partial charge is 0.374 e. The summed E-state index contributed by atoms with van der Waals surface area (Å²) < 4.78 is 8.07. The van der Waals surface area contributed by atoms with E-state index in [4.69, 9.17) is 4.74 Å². The van der Waals surface area contributed by atoms with E-state index in [-0.39, 0.29) is 11.6 Å². The quantitative estimate of drug-likeness (QED) is 0.721. The molecule has 0 bridgehead atoms. The summed E-state index contributed by atoms with van der Waals surface area (Å²) in [6, 6.07) is 0.568. The van der Waals surface area contributed by atoms with Gasteiger partial charge in [0.05, 0.1) is 5.60 Å². The molecule has 0 aliphatic rings. The lowest BCUT2D eigenvalue weighted by Crippen LogP contribution is -2.52. The minimum absolute atomic E-state index is 0.183. The van der Waals surface area contributed by atoms with Gasteiger partial charge in [-0.15, -0.1) is 0 Å². The first-order valence-electron chi connectivity index (χ1n) is 8.24. The molecule has 1 aromatic heterocycles. The van der Waals surface area contributed by atoms with Crippen LogP contribution in [0.5, 0.6) is 0 Å². The number of aromatic nitrogens is 3. The molecule has 0 saturated heterocycles. The van der Waals surface area contributed by atoms with Crippen LogP contribution in [0, 0.1) is 0 Å². The first-order valence-corrected chi connectivity index (χ1v) is 8.24. The van der Waals surface area contributed by atoms with Gasteiger partial charge < -0.3 is 10.1 Å². The lowest BCUT2D eigenvalue weighted by molar-refractivity contribution is -0.0555. The fourth-order valence-electron chi connectivity index (χ4n) is 2.64. The van der Waals surface area contributed by atoms with Gasteiger partial charge in [-0.05, 0) is 47.1 Å². The van der Waals surface area contributed by atoms with Gasteiger partial charge in [0.25, 0.3) is 0 Å². The highest BCUT2D eigenvalue weighted by Crippen LogP contribution is 2.23. The molecule has 2 unspecified atom stereocenters. The molecule has 0 amide bonds. The monoisotopic (exact) mass is 296 g/mol. The number of rotatable bonds is 10. The normalized spacial score (nSPS) is 16.1. The van der Waals surface area contributed by atoms with E-state index in [0.29, 0.717) is 6.04 Å². The molecule has 0 spiro atoms. The summed E-state index contributed by atoms with van der Waals surface area (Å²) in [5, 5.41) is 7.98. The Morgan fingerprint density at radius 2 is 2.05 bits per heavy atom. The van der Waals surface area contributed by atoms with Gasteiger partial charge in [0, 0.05) is 25.1 Å². The van der Waals surface area contributed by atoms with Crippen LogP contribution in [-0.4, -0.2) is 39.6 Å². The number of nitrogens with one attached hydrogen (secondary N) is 1. The number of ether oxygens (including phenoxy) is 1. The molecule has 5 heteroatoms. The maximum absolute atomic E-state index is 6.07. The molecule has 1 aromatic rings. The van der Waals surface area contributed by atoms with Crippen LogP contribution in [0.2, 0.25) is 0 Å². The molecule has 0 saturated carbocycles. The molecular weight excluding hydrogens is 264 g/mol. The minimum Gasteiger partial charge on any atom is -0.374 e. The highest BCUT2D eigenvalue weighted by atomic mass is 16.5. The lowest BCUT2D eigenvalue weighted by atomic mass is 9.90. The Morgan fingerprint density at radius 1 is 1.33 bits per heavy atom. The molecule has 0 aliphatic carbocycles. The number of hydrogen-bond donors (Lipinski definition) is 1. The van der Waals surface area contributed by atoms with Crippen molar-refractivity contribution in [3.8, 4) is 0 Å². The summed E-state index contributed by atoms with van der Waals surface area (Å²) in [5.41, 5.74) is -0.183. The summed E-state index contributed by atoms with van der Waals surface area (Å²) in [5.74, 6) is 1.03. The first kappa shape index (κ1) is 18.1. The van der Waals surface area contributed by atoms with Crippen molar-refractivity contribution in [2.24, 2.45) is 0 Å². The Labute approximate surface area is 129 Å². The van der Waals surface area contributed by atoms with Crippen molar-refractivity contribution in [3.63, 3.8) is 0 Å². The Hall–Kier alpha value is -0.940. The van der Waals surface area contributed by atoms with Crippen LogP contribution < -0.4 is 5.32 Å². The van der Waals surface area contributed by atoms with Gasteiger partial charge in [0.2, 0.25) is 0 Å². The predicted octanol–water partition coefficient (Wildman–Crippen LogP) is 2.97. The average Bonchev–Trinajstić information content (AvgIpc) is 2.91. The second-order valence-corrected chi connectivity index (χ2v) is 6.02. The molecule has 0 aromatic carbocycles. The third-order valence-electron chi connectivity index (χ3n) is 4.08. The maximum atomic E-state index is 6.07. The fraction of sp³-hybridized carbons (Fsp3) is 0.875. The van der Waals surface area contributed by atoms with E-state index in [1.54, 1.807) is 6.33 Å². The van der Waals surface area contributed by atoms with Crippen molar-refractivity contribution in [1.82, 2.24) is 20.1 Å². The molecule has 1 rings (SSSR count).